The lowest BCUT2D eigenvalue weighted by Gasteiger charge is -2.22. The van der Waals surface area contributed by atoms with Crippen molar-refractivity contribution < 1.29 is 8.42 Å². The predicted octanol–water partition coefficient (Wildman–Crippen LogP) is 2.35. The number of aliphatic imine (C=N–C) groups is 1. The minimum atomic E-state index is -3.52. The molecule has 0 aliphatic carbocycles. The monoisotopic (exact) mass is 295 g/mol. The van der Waals surface area contributed by atoms with Gasteiger partial charge in [0.25, 0.3) is 10.0 Å². The van der Waals surface area contributed by atoms with Crippen molar-refractivity contribution in [3.8, 4) is 0 Å². The Kier molecular flexibility index (Phi) is 4.32. The number of benzene rings is 1. The molecule has 20 heavy (non-hydrogen) atoms. The van der Waals surface area contributed by atoms with Crippen LogP contribution in [0.5, 0.6) is 0 Å². The standard InChI is InChI=1S/C14H21N3O2S/c1-4-11-5-6-12-13(9-11)20(18,19)17-14(16-12)15-8-7-10(2)3/h5-6,9-10H,4,7-8H2,1-3H3,(H2,15,16,17). The summed E-state index contributed by atoms with van der Waals surface area (Å²) in [4.78, 5) is 4.57. The van der Waals surface area contributed by atoms with Gasteiger partial charge in [-0.2, -0.15) is 0 Å². The highest BCUT2D eigenvalue weighted by molar-refractivity contribution is 7.90. The van der Waals surface area contributed by atoms with E-state index in [1.807, 2.05) is 13.0 Å². The first-order chi connectivity index (χ1) is 9.42. The lowest BCUT2D eigenvalue weighted by molar-refractivity contribution is 0.589. The maximum Gasteiger partial charge on any atom is 0.266 e. The molecule has 2 rings (SSSR count). The fourth-order valence-corrected chi connectivity index (χ4v) is 3.15. The maximum atomic E-state index is 12.2. The summed E-state index contributed by atoms with van der Waals surface area (Å²) >= 11 is 0. The van der Waals surface area contributed by atoms with Crippen LogP contribution in [0.2, 0.25) is 0 Å². The second-order valence-corrected chi connectivity index (χ2v) is 6.98. The lowest BCUT2D eigenvalue weighted by Crippen LogP contribution is -2.41. The van der Waals surface area contributed by atoms with Gasteiger partial charge in [0.1, 0.15) is 4.90 Å². The first kappa shape index (κ1) is 14.8. The summed E-state index contributed by atoms with van der Waals surface area (Å²) in [5.41, 5.74) is 1.58. The van der Waals surface area contributed by atoms with E-state index in [2.05, 4.69) is 28.9 Å². The van der Waals surface area contributed by atoms with Crippen molar-refractivity contribution in [1.29, 1.82) is 0 Å². The van der Waals surface area contributed by atoms with Gasteiger partial charge in [-0.1, -0.05) is 26.8 Å². The molecule has 2 N–H and O–H groups in total. The summed E-state index contributed by atoms with van der Waals surface area (Å²) in [5, 5.41) is 3.04. The molecular weight excluding hydrogens is 274 g/mol. The summed E-state index contributed by atoms with van der Waals surface area (Å²) in [7, 11) is -3.52. The molecule has 0 fully saturated rings. The number of hydrogen-bond acceptors (Lipinski definition) is 3. The summed E-state index contributed by atoms with van der Waals surface area (Å²) in [6.45, 7) is 6.82. The SMILES string of the molecule is CCc1ccc2c(c1)S(=O)(=O)NC(=NCCC(C)C)N2. The van der Waals surface area contributed by atoms with Crippen LogP contribution in [0, 0.1) is 5.92 Å². The number of sulfonamides is 1. The third-order valence-corrected chi connectivity index (χ3v) is 4.58. The Morgan fingerprint density at radius 2 is 2.05 bits per heavy atom. The number of hydrogen-bond donors (Lipinski definition) is 2. The molecule has 110 valence electrons. The first-order valence-electron chi connectivity index (χ1n) is 6.89. The van der Waals surface area contributed by atoms with E-state index in [4.69, 9.17) is 0 Å². The highest BCUT2D eigenvalue weighted by atomic mass is 32.2. The Labute approximate surface area is 120 Å². The van der Waals surface area contributed by atoms with Crippen molar-refractivity contribution in [2.24, 2.45) is 10.9 Å². The van der Waals surface area contributed by atoms with Gasteiger partial charge in [0.15, 0.2) is 0 Å². The molecule has 1 aromatic carbocycles. The first-order valence-corrected chi connectivity index (χ1v) is 8.38. The Balaban J connectivity index is 2.27. The van der Waals surface area contributed by atoms with E-state index < -0.39 is 10.0 Å². The summed E-state index contributed by atoms with van der Waals surface area (Å²) < 4.78 is 26.9. The summed E-state index contributed by atoms with van der Waals surface area (Å²) in [6.07, 6.45) is 1.73. The zero-order valence-corrected chi connectivity index (χ0v) is 12.9. The number of anilines is 1. The van der Waals surface area contributed by atoms with Gasteiger partial charge < -0.3 is 5.32 Å². The second kappa shape index (κ2) is 5.83. The number of fused-ring (bicyclic) bond motifs is 1. The van der Waals surface area contributed by atoms with Crippen LogP contribution in [-0.2, 0) is 16.4 Å². The molecule has 0 aromatic heterocycles. The van der Waals surface area contributed by atoms with Crippen molar-refractivity contribution in [2.75, 3.05) is 11.9 Å². The zero-order valence-electron chi connectivity index (χ0n) is 12.1. The molecule has 0 amide bonds. The molecule has 6 heteroatoms. The van der Waals surface area contributed by atoms with E-state index >= 15 is 0 Å². The van der Waals surface area contributed by atoms with Crippen LogP contribution in [0.3, 0.4) is 0 Å². The number of nitrogens with zero attached hydrogens (tertiary/aromatic N) is 1. The lowest BCUT2D eigenvalue weighted by atomic mass is 10.1. The molecular formula is C14H21N3O2S. The number of aryl methyl sites for hydroxylation is 1. The van der Waals surface area contributed by atoms with E-state index in [9.17, 15) is 8.42 Å². The fraction of sp³-hybridized carbons (Fsp3) is 0.500. The fourth-order valence-electron chi connectivity index (χ4n) is 1.95. The number of guanidine groups is 1. The minimum absolute atomic E-state index is 0.291. The van der Waals surface area contributed by atoms with Crippen molar-refractivity contribution >= 4 is 21.7 Å². The average molecular weight is 295 g/mol. The van der Waals surface area contributed by atoms with Crippen LogP contribution in [0.1, 0.15) is 32.8 Å². The Hall–Kier alpha value is -1.56. The minimum Gasteiger partial charge on any atom is -0.324 e. The molecule has 0 spiro atoms. The predicted molar refractivity (Wildman–Crippen MR) is 81.5 cm³/mol. The van der Waals surface area contributed by atoms with Crippen LogP contribution in [0.25, 0.3) is 0 Å². The normalized spacial score (nSPS) is 18.5. The van der Waals surface area contributed by atoms with E-state index in [0.717, 1.165) is 18.4 Å². The number of rotatable bonds is 4. The van der Waals surface area contributed by atoms with Gasteiger partial charge in [-0.3, -0.25) is 4.99 Å². The van der Waals surface area contributed by atoms with Crippen LogP contribution in [0.4, 0.5) is 5.69 Å². The van der Waals surface area contributed by atoms with Crippen LogP contribution in [-0.4, -0.2) is 20.9 Å². The highest BCUT2D eigenvalue weighted by Gasteiger charge is 2.26. The van der Waals surface area contributed by atoms with Gasteiger partial charge in [-0.15, -0.1) is 0 Å². The summed E-state index contributed by atoms with van der Waals surface area (Å²) in [5.74, 6) is 0.848. The highest BCUT2D eigenvalue weighted by Crippen LogP contribution is 2.26. The van der Waals surface area contributed by atoms with Crippen LogP contribution < -0.4 is 10.0 Å². The van der Waals surface area contributed by atoms with Gasteiger partial charge in [0.2, 0.25) is 5.96 Å². The Morgan fingerprint density at radius 1 is 1.30 bits per heavy atom. The van der Waals surface area contributed by atoms with Crippen LogP contribution in [0.15, 0.2) is 28.1 Å². The van der Waals surface area contributed by atoms with Gasteiger partial charge in [-0.05, 0) is 36.5 Å². The van der Waals surface area contributed by atoms with Gasteiger partial charge >= 0.3 is 0 Å². The molecule has 5 nitrogen and oxygen atoms in total. The van der Waals surface area contributed by atoms with E-state index in [1.54, 1.807) is 12.1 Å². The topological polar surface area (TPSA) is 70.6 Å². The molecule has 1 aromatic rings. The van der Waals surface area contributed by atoms with Crippen LogP contribution >= 0.6 is 0 Å². The third-order valence-electron chi connectivity index (χ3n) is 3.20. The van der Waals surface area contributed by atoms with E-state index in [1.165, 1.54) is 0 Å². The molecule has 0 radical (unpaired) electrons. The third kappa shape index (κ3) is 3.30. The van der Waals surface area contributed by atoms with Crippen molar-refractivity contribution in [3.63, 3.8) is 0 Å². The van der Waals surface area contributed by atoms with E-state index in [0.29, 0.717) is 29.0 Å². The van der Waals surface area contributed by atoms with Crippen molar-refractivity contribution in [2.45, 2.75) is 38.5 Å². The van der Waals surface area contributed by atoms with Gasteiger partial charge in [-0.25, -0.2) is 13.1 Å². The zero-order chi connectivity index (χ0) is 14.8. The Morgan fingerprint density at radius 3 is 2.70 bits per heavy atom. The summed E-state index contributed by atoms with van der Waals surface area (Å²) in [6, 6.07) is 5.43. The maximum absolute atomic E-state index is 12.2. The van der Waals surface area contributed by atoms with Gasteiger partial charge in [0, 0.05) is 6.54 Å². The quantitative estimate of drug-likeness (QED) is 0.895. The Bertz CT molecular complexity index is 621. The molecule has 1 aliphatic rings. The molecule has 0 saturated carbocycles. The van der Waals surface area contributed by atoms with E-state index in [-0.39, 0.29) is 0 Å². The largest absolute Gasteiger partial charge is 0.324 e. The molecule has 0 saturated heterocycles. The molecule has 1 aliphatic heterocycles. The second-order valence-electron chi connectivity index (χ2n) is 5.33. The molecule has 0 unspecified atom stereocenters. The van der Waals surface area contributed by atoms with Crippen molar-refractivity contribution in [1.82, 2.24) is 4.72 Å². The smallest absolute Gasteiger partial charge is 0.266 e. The number of nitrogens with one attached hydrogen (secondary N) is 2. The molecule has 0 bridgehead atoms. The molecule has 1 heterocycles. The molecule has 0 atom stereocenters. The average Bonchev–Trinajstić information content (AvgIpc) is 2.37. The van der Waals surface area contributed by atoms with Gasteiger partial charge in [0.05, 0.1) is 5.69 Å². The van der Waals surface area contributed by atoms with Crippen molar-refractivity contribution in [3.05, 3.63) is 23.8 Å².